The quantitative estimate of drug-likeness (QED) is 0.440. The number of ether oxygens (including phenoxy) is 3. The topological polar surface area (TPSA) is 65.0 Å². The summed E-state index contributed by atoms with van der Waals surface area (Å²) in [6.07, 6.45) is 6.78. The summed E-state index contributed by atoms with van der Waals surface area (Å²) in [5.74, 6) is 0.832. The highest BCUT2D eigenvalue weighted by molar-refractivity contribution is 5.60. The molecule has 0 amide bonds. The molecule has 1 aliphatic carbocycles. The molecule has 1 fully saturated rings. The third kappa shape index (κ3) is 7.06. The minimum absolute atomic E-state index is 0.180. The molecule has 1 aliphatic rings. The van der Waals surface area contributed by atoms with Crippen molar-refractivity contribution in [3.8, 4) is 5.75 Å². The number of unbranched alkanes of at least 4 members (excludes halogenated alkanes) is 3. The molecule has 0 heterocycles. The van der Waals surface area contributed by atoms with E-state index < -0.39 is 11.8 Å². The lowest BCUT2D eigenvalue weighted by molar-refractivity contribution is -0.0538. The molecule has 0 bridgehead atoms. The van der Waals surface area contributed by atoms with Crippen molar-refractivity contribution in [1.29, 1.82) is 0 Å². The molecule has 0 atom stereocenters. The lowest BCUT2D eigenvalue weighted by atomic mass is 9.78. The van der Waals surface area contributed by atoms with Gasteiger partial charge in [-0.2, -0.15) is 0 Å². The molecule has 0 aliphatic heterocycles. The second kappa shape index (κ2) is 11.2. The molecule has 5 heteroatoms. The molecule has 0 radical (unpaired) electrons. The molecular formula is C22H34O5. The van der Waals surface area contributed by atoms with Crippen LogP contribution < -0.4 is 4.74 Å². The summed E-state index contributed by atoms with van der Waals surface area (Å²) in [4.78, 5) is 11.7. The van der Waals surface area contributed by atoms with Crippen molar-refractivity contribution in [3.63, 3.8) is 0 Å². The van der Waals surface area contributed by atoms with E-state index in [1.54, 1.807) is 0 Å². The number of carbonyl (C=O) groups excluding carboxylic acids is 1. The Kier molecular flexibility index (Phi) is 8.92. The van der Waals surface area contributed by atoms with Gasteiger partial charge in [0.25, 0.3) is 0 Å². The van der Waals surface area contributed by atoms with Crippen LogP contribution in [0.1, 0.15) is 77.2 Å². The van der Waals surface area contributed by atoms with Crippen LogP contribution in [-0.2, 0) is 15.1 Å². The van der Waals surface area contributed by atoms with Crippen molar-refractivity contribution < 1.29 is 24.1 Å². The summed E-state index contributed by atoms with van der Waals surface area (Å²) in [5, 5.41) is 11.0. The van der Waals surface area contributed by atoms with E-state index in [9.17, 15) is 9.90 Å². The Hall–Kier alpha value is -1.75. The zero-order chi connectivity index (χ0) is 19.5. The smallest absolute Gasteiger partial charge is 0.494 e. The molecule has 2 rings (SSSR count). The van der Waals surface area contributed by atoms with Gasteiger partial charge in [-0.1, -0.05) is 45.2 Å². The average Bonchev–Trinajstić information content (AvgIpc) is 2.68. The van der Waals surface area contributed by atoms with Gasteiger partial charge < -0.3 is 19.3 Å². The highest BCUT2D eigenvalue weighted by Gasteiger charge is 2.36. The zero-order valence-corrected chi connectivity index (χ0v) is 16.7. The molecule has 0 saturated heterocycles. The monoisotopic (exact) mass is 378 g/mol. The van der Waals surface area contributed by atoms with E-state index in [0.717, 1.165) is 43.4 Å². The van der Waals surface area contributed by atoms with Crippen LogP contribution in [0, 0.1) is 0 Å². The van der Waals surface area contributed by atoms with Crippen LogP contribution >= 0.6 is 0 Å². The van der Waals surface area contributed by atoms with Crippen LogP contribution in [0.15, 0.2) is 24.3 Å². The Balaban J connectivity index is 1.76. The van der Waals surface area contributed by atoms with Gasteiger partial charge >= 0.3 is 6.16 Å². The maximum atomic E-state index is 11.7. The summed E-state index contributed by atoms with van der Waals surface area (Å²) < 4.78 is 16.2. The van der Waals surface area contributed by atoms with Gasteiger partial charge in [-0.3, -0.25) is 0 Å². The summed E-state index contributed by atoms with van der Waals surface area (Å²) in [6, 6.07) is 7.70. The molecule has 0 unspecified atom stereocenters. The number of hydrogen-bond acceptors (Lipinski definition) is 5. The highest BCUT2D eigenvalue weighted by Crippen LogP contribution is 2.38. The summed E-state index contributed by atoms with van der Waals surface area (Å²) in [6.45, 7) is 5.37. The fraction of sp³-hybridized carbons (Fsp3) is 0.682. The Morgan fingerprint density at radius 3 is 2.33 bits per heavy atom. The Bertz CT molecular complexity index is 546. The largest absolute Gasteiger partial charge is 0.508 e. The van der Waals surface area contributed by atoms with E-state index in [2.05, 4.69) is 13.8 Å². The molecule has 0 spiro atoms. The standard InChI is InChI=1S/C22H34O5/c1-3-5-7-17-26-21(23)27-20-12-14-22(24,15-13-20)18-8-10-19(11-9-18)25-16-6-4-2/h8-11,20,24H,3-7,12-17H2,1-2H3. The molecular weight excluding hydrogens is 344 g/mol. The first-order valence-corrected chi connectivity index (χ1v) is 10.4. The van der Waals surface area contributed by atoms with Crippen molar-refractivity contribution in [1.82, 2.24) is 0 Å². The minimum Gasteiger partial charge on any atom is -0.494 e. The molecule has 1 N–H and O–H groups in total. The predicted octanol–water partition coefficient (Wildman–Crippen LogP) is 5.34. The zero-order valence-electron chi connectivity index (χ0n) is 16.7. The van der Waals surface area contributed by atoms with Gasteiger partial charge in [0.1, 0.15) is 11.9 Å². The number of aliphatic hydroxyl groups is 1. The first-order valence-electron chi connectivity index (χ1n) is 10.4. The van der Waals surface area contributed by atoms with E-state index in [1.165, 1.54) is 0 Å². The van der Waals surface area contributed by atoms with Crippen LogP contribution in [0.4, 0.5) is 4.79 Å². The van der Waals surface area contributed by atoms with E-state index in [0.29, 0.717) is 38.9 Å². The van der Waals surface area contributed by atoms with Crippen molar-refractivity contribution in [2.24, 2.45) is 0 Å². The first-order chi connectivity index (χ1) is 13.1. The van der Waals surface area contributed by atoms with Crippen molar-refractivity contribution in [3.05, 3.63) is 29.8 Å². The maximum absolute atomic E-state index is 11.7. The second-order valence-corrected chi connectivity index (χ2v) is 7.38. The van der Waals surface area contributed by atoms with Gasteiger partial charge in [-0.05, 0) is 56.2 Å². The minimum atomic E-state index is -0.868. The fourth-order valence-corrected chi connectivity index (χ4v) is 3.35. The van der Waals surface area contributed by atoms with Gasteiger partial charge in [-0.25, -0.2) is 4.79 Å². The Morgan fingerprint density at radius 1 is 1.04 bits per heavy atom. The molecule has 5 nitrogen and oxygen atoms in total. The van der Waals surface area contributed by atoms with Crippen LogP contribution in [0.5, 0.6) is 5.75 Å². The predicted molar refractivity (Wildman–Crippen MR) is 105 cm³/mol. The summed E-state index contributed by atoms with van der Waals surface area (Å²) >= 11 is 0. The third-order valence-electron chi connectivity index (χ3n) is 5.15. The number of carbonyl (C=O) groups is 1. The van der Waals surface area contributed by atoms with Gasteiger partial charge in [0.05, 0.1) is 18.8 Å². The molecule has 0 aromatic heterocycles. The summed E-state index contributed by atoms with van der Waals surface area (Å²) in [7, 11) is 0. The molecule has 1 aromatic rings. The van der Waals surface area contributed by atoms with E-state index >= 15 is 0 Å². The Morgan fingerprint density at radius 2 is 1.70 bits per heavy atom. The van der Waals surface area contributed by atoms with Crippen LogP contribution in [0.25, 0.3) is 0 Å². The number of hydrogen-bond donors (Lipinski definition) is 1. The maximum Gasteiger partial charge on any atom is 0.508 e. The lowest BCUT2D eigenvalue weighted by Gasteiger charge is -2.36. The SMILES string of the molecule is CCCCCOC(=O)OC1CCC(O)(c2ccc(OCCCC)cc2)CC1. The van der Waals surface area contributed by atoms with Crippen molar-refractivity contribution >= 4 is 6.16 Å². The molecule has 1 aromatic carbocycles. The average molecular weight is 379 g/mol. The first kappa shape index (κ1) is 21.5. The van der Waals surface area contributed by atoms with Crippen LogP contribution in [0.3, 0.4) is 0 Å². The third-order valence-corrected chi connectivity index (χ3v) is 5.15. The lowest BCUT2D eigenvalue weighted by Crippen LogP contribution is -2.35. The highest BCUT2D eigenvalue weighted by atomic mass is 16.7. The van der Waals surface area contributed by atoms with E-state index in [1.807, 2.05) is 24.3 Å². The molecule has 152 valence electrons. The van der Waals surface area contributed by atoms with Crippen LogP contribution in [0.2, 0.25) is 0 Å². The van der Waals surface area contributed by atoms with Gasteiger partial charge in [0.15, 0.2) is 0 Å². The normalized spacial score (nSPS) is 22.3. The van der Waals surface area contributed by atoms with Gasteiger partial charge in [0, 0.05) is 0 Å². The van der Waals surface area contributed by atoms with Crippen molar-refractivity contribution in [2.75, 3.05) is 13.2 Å². The number of rotatable bonds is 10. The van der Waals surface area contributed by atoms with Gasteiger partial charge in [0.2, 0.25) is 0 Å². The second-order valence-electron chi connectivity index (χ2n) is 7.38. The Labute approximate surface area is 163 Å². The molecule has 27 heavy (non-hydrogen) atoms. The number of benzene rings is 1. The van der Waals surface area contributed by atoms with Crippen LogP contribution in [-0.4, -0.2) is 30.6 Å². The van der Waals surface area contributed by atoms with Crippen molar-refractivity contribution in [2.45, 2.75) is 83.3 Å². The van der Waals surface area contributed by atoms with Gasteiger partial charge in [-0.15, -0.1) is 0 Å². The summed E-state index contributed by atoms with van der Waals surface area (Å²) in [5.41, 5.74) is 0.0262. The fourth-order valence-electron chi connectivity index (χ4n) is 3.35. The van der Waals surface area contributed by atoms with E-state index in [-0.39, 0.29) is 6.10 Å². The van der Waals surface area contributed by atoms with E-state index in [4.69, 9.17) is 14.2 Å². The molecule has 1 saturated carbocycles.